The van der Waals surface area contributed by atoms with E-state index in [2.05, 4.69) is 10.5 Å². The number of piperidine rings is 1. The number of rotatable bonds is 10. The van der Waals surface area contributed by atoms with Crippen LogP contribution in [0.3, 0.4) is 0 Å². The minimum Gasteiger partial charge on any atom is -0.497 e. The zero-order valence-corrected chi connectivity index (χ0v) is 25.8. The summed E-state index contributed by atoms with van der Waals surface area (Å²) < 4.78 is 36.8. The Kier molecular flexibility index (Phi) is 10.4. The number of aromatic nitrogens is 1. The Morgan fingerprint density at radius 3 is 2.30 bits per heavy atom. The van der Waals surface area contributed by atoms with Crippen molar-refractivity contribution in [3.05, 3.63) is 84.1 Å². The number of hydrogen-bond acceptors (Lipinski definition) is 9. The minimum absolute atomic E-state index is 0.00959. The van der Waals surface area contributed by atoms with Crippen molar-refractivity contribution in [1.29, 1.82) is 0 Å². The van der Waals surface area contributed by atoms with Crippen molar-refractivity contribution in [2.24, 2.45) is 11.8 Å². The number of ether oxygens (including phenoxy) is 2. The number of hydroxylamine groups is 1. The smallest absolute Gasteiger partial charge is 0.410 e. The summed E-state index contributed by atoms with van der Waals surface area (Å²) in [5.74, 6) is -0.278. The Balaban J connectivity index is 1.39. The highest BCUT2D eigenvalue weighted by Crippen LogP contribution is 2.30. The van der Waals surface area contributed by atoms with Crippen LogP contribution in [-0.2, 0) is 37.2 Å². The van der Waals surface area contributed by atoms with E-state index < -0.39 is 27.3 Å². The lowest BCUT2D eigenvalue weighted by Gasteiger charge is -2.36. The van der Waals surface area contributed by atoms with Crippen LogP contribution >= 0.6 is 0 Å². The zero-order chi connectivity index (χ0) is 31.0. The van der Waals surface area contributed by atoms with Crippen LogP contribution in [0.2, 0.25) is 0 Å². The maximum absolute atomic E-state index is 13.4. The molecule has 4 rings (SSSR count). The van der Waals surface area contributed by atoms with Crippen LogP contribution in [0.5, 0.6) is 5.75 Å². The van der Waals surface area contributed by atoms with Gasteiger partial charge in [-0.25, -0.2) is 18.2 Å². The number of hydrogen-bond donors (Lipinski definition) is 1. The highest BCUT2D eigenvalue weighted by molar-refractivity contribution is 7.91. The standard InChI is InChI=1S/C32H39N3O7S/c1-32(2,3)41-31(37)35-18-15-25(16-19-35)28(20-23-8-6-5-7-9-23)30(36)42-34-22-24-14-17-33-29(21-24)43(38,39)27-12-10-26(40-4)11-13-27/h5-14,17,21,25,28,34H,15-16,18-20,22H2,1-4H3/t28-/m1/s1. The van der Waals surface area contributed by atoms with Crippen LogP contribution in [0, 0.1) is 11.8 Å². The Labute approximate surface area is 253 Å². The van der Waals surface area contributed by atoms with Gasteiger partial charge in [-0.05, 0) is 93.5 Å². The third-order valence-corrected chi connectivity index (χ3v) is 8.92. The lowest BCUT2D eigenvalue weighted by Crippen LogP contribution is -2.44. The van der Waals surface area contributed by atoms with Crippen molar-refractivity contribution in [3.63, 3.8) is 0 Å². The number of nitrogens with zero attached hydrogens (tertiary/aromatic N) is 2. The van der Waals surface area contributed by atoms with Crippen LogP contribution in [0.1, 0.15) is 44.7 Å². The molecular formula is C32H39N3O7S. The molecule has 10 nitrogen and oxygen atoms in total. The van der Waals surface area contributed by atoms with Crippen LogP contribution in [0.15, 0.2) is 82.8 Å². The second-order valence-corrected chi connectivity index (χ2v) is 13.4. The maximum Gasteiger partial charge on any atom is 0.410 e. The van der Waals surface area contributed by atoms with Crippen molar-refractivity contribution >= 4 is 21.9 Å². The molecule has 0 unspecified atom stereocenters. The summed E-state index contributed by atoms with van der Waals surface area (Å²) in [5.41, 5.74) is 3.74. The van der Waals surface area contributed by atoms with E-state index in [1.165, 1.54) is 31.5 Å². The molecular weight excluding hydrogens is 570 g/mol. The largest absolute Gasteiger partial charge is 0.497 e. The maximum atomic E-state index is 13.4. The van der Waals surface area contributed by atoms with E-state index in [0.29, 0.717) is 43.7 Å². The number of nitrogens with one attached hydrogen (secondary N) is 1. The summed E-state index contributed by atoms with van der Waals surface area (Å²) in [5, 5.41) is -0.109. The number of pyridine rings is 1. The number of carbonyl (C=O) groups excluding carboxylic acids is 2. The van der Waals surface area contributed by atoms with E-state index in [-0.39, 0.29) is 28.5 Å². The van der Waals surface area contributed by atoms with Gasteiger partial charge in [0.15, 0.2) is 5.03 Å². The Hall–Kier alpha value is -3.96. The van der Waals surface area contributed by atoms with Crippen molar-refractivity contribution in [2.45, 2.75) is 62.1 Å². The number of sulfone groups is 1. The Morgan fingerprint density at radius 1 is 1.00 bits per heavy atom. The molecule has 3 aromatic rings. The van der Waals surface area contributed by atoms with Gasteiger partial charge in [0.25, 0.3) is 0 Å². The third kappa shape index (κ3) is 8.77. The second kappa shape index (κ2) is 14.0. The topological polar surface area (TPSA) is 124 Å². The molecule has 1 aromatic heterocycles. The predicted molar refractivity (Wildman–Crippen MR) is 160 cm³/mol. The van der Waals surface area contributed by atoms with Crippen molar-refractivity contribution in [2.75, 3.05) is 20.2 Å². The lowest BCUT2D eigenvalue weighted by atomic mass is 9.81. The molecule has 0 aliphatic carbocycles. The number of carbonyl (C=O) groups is 2. The fourth-order valence-electron chi connectivity index (χ4n) is 4.97. The fourth-order valence-corrected chi connectivity index (χ4v) is 6.21. The predicted octanol–water partition coefficient (Wildman–Crippen LogP) is 4.98. The quantitative estimate of drug-likeness (QED) is 0.317. The van der Waals surface area contributed by atoms with Gasteiger partial charge < -0.3 is 19.2 Å². The highest BCUT2D eigenvalue weighted by atomic mass is 32.2. The normalized spacial score (nSPS) is 15.0. The van der Waals surface area contributed by atoms with E-state index >= 15 is 0 Å². The van der Waals surface area contributed by atoms with E-state index in [1.807, 2.05) is 51.1 Å². The SMILES string of the molecule is COc1ccc(S(=O)(=O)c2cc(CNOC(=O)[C@H](Cc3ccccc3)C3CCN(C(=O)OC(C)(C)C)CC3)ccn2)cc1. The molecule has 43 heavy (non-hydrogen) atoms. The monoisotopic (exact) mass is 609 g/mol. The van der Waals surface area contributed by atoms with Gasteiger partial charge in [0.1, 0.15) is 11.4 Å². The summed E-state index contributed by atoms with van der Waals surface area (Å²) in [7, 11) is -2.34. The van der Waals surface area contributed by atoms with Crippen LogP contribution in [0.4, 0.5) is 4.79 Å². The molecule has 2 heterocycles. The molecule has 1 aliphatic rings. The first kappa shape index (κ1) is 32.0. The van der Waals surface area contributed by atoms with Crippen molar-refractivity contribution < 1.29 is 32.3 Å². The molecule has 0 bridgehead atoms. The Bertz CT molecular complexity index is 1480. The summed E-state index contributed by atoms with van der Waals surface area (Å²) in [6, 6.07) is 18.9. The van der Waals surface area contributed by atoms with E-state index in [4.69, 9.17) is 14.3 Å². The number of benzene rings is 2. The second-order valence-electron chi connectivity index (χ2n) is 11.5. The summed E-state index contributed by atoms with van der Waals surface area (Å²) in [6.45, 7) is 6.59. The van der Waals surface area contributed by atoms with E-state index in [0.717, 1.165) is 5.56 Å². The number of amides is 1. The van der Waals surface area contributed by atoms with Gasteiger partial charge in [0.2, 0.25) is 9.84 Å². The summed E-state index contributed by atoms with van der Waals surface area (Å²) in [6.07, 6.45) is 2.84. The lowest BCUT2D eigenvalue weighted by molar-refractivity contribution is -0.159. The summed E-state index contributed by atoms with van der Waals surface area (Å²) in [4.78, 5) is 37.3. The Morgan fingerprint density at radius 2 is 1.67 bits per heavy atom. The first-order valence-electron chi connectivity index (χ1n) is 14.3. The van der Waals surface area contributed by atoms with Crippen LogP contribution < -0.4 is 10.2 Å². The first-order chi connectivity index (χ1) is 20.5. The molecule has 1 fully saturated rings. The molecule has 1 saturated heterocycles. The molecule has 1 N–H and O–H groups in total. The molecule has 0 saturated carbocycles. The first-order valence-corrected chi connectivity index (χ1v) is 15.7. The molecule has 0 spiro atoms. The molecule has 2 aromatic carbocycles. The number of likely N-dealkylation sites (tertiary alicyclic amines) is 1. The van der Waals surface area contributed by atoms with Gasteiger partial charge in [0.05, 0.1) is 24.5 Å². The van der Waals surface area contributed by atoms with Crippen molar-refractivity contribution in [1.82, 2.24) is 15.4 Å². The average Bonchev–Trinajstić information content (AvgIpc) is 3.00. The zero-order valence-electron chi connectivity index (χ0n) is 25.0. The van der Waals surface area contributed by atoms with E-state index in [9.17, 15) is 18.0 Å². The number of methoxy groups -OCH3 is 1. The molecule has 1 aliphatic heterocycles. The molecule has 1 amide bonds. The van der Waals surface area contributed by atoms with Crippen LogP contribution in [-0.4, -0.2) is 56.2 Å². The van der Waals surface area contributed by atoms with Gasteiger partial charge >= 0.3 is 12.1 Å². The fraction of sp³-hybridized carbons (Fsp3) is 0.406. The highest BCUT2D eigenvalue weighted by Gasteiger charge is 2.35. The molecule has 0 radical (unpaired) electrons. The summed E-state index contributed by atoms with van der Waals surface area (Å²) >= 11 is 0. The van der Waals surface area contributed by atoms with Gasteiger partial charge in [-0.15, -0.1) is 5.48 Å². The van der Waals surface area contributed by atoms with Gasteiger partial charge in [-0.2, -0.15) is 0 Å². The molecule has 230 valence electrons. The average molecular weight is 610 g/mol. The van der Waals surface area contributed by atoms with Crippen molar-refractivity contribution in [3.8, 4) is 5.75 Å². The molecule has 1 atom stereocenters. The van der Waals surface area contributed by atoms with Gasteiger partial charge in [-0.1, -0.05) is 30.3 Å². The van der Waals surface area contributed by atoms with Gasteiger partial charge in [0, 0.05) is 19.3 Å². The minimum atomic E-state index is -3.85. The van der Waals surface area contributed by atoms with Crippen LogP contribution in [0.25, 0.3) is 0 Å². The third-order valence-electron chi connectivity index (χ3n) is 7.25. The van der Waals surface area contributed by atoms with Gasteiger partial charge in [-0.3, -0.25) is 4.79 Å². The van der Waals surface area contributed by atoms with E-state index in [1.54, 1.807) is 23.1 Å². The molecule has 11 heteroatoms.